The molecule has 0 spiro atoms. The van der Waals surface area contributed by atoms with Crippen LogP contribution in [0, 0.1) is 0 Å². The van der Waals surface area contributed by atoms with Crippen molar-refractivity contribution in [1.82, 2.24) is 15.6 Å². The Hall–Kier alpha value is -3.33. The predicted molar refractivity (Wildman–Crippen MR) is 128 cm³/mol. The number of carbonyl (C=O) groups is 1. The first-order valence-electron chi connectivity index (χ1n) is 9.74. The molecule has 7 nitrogen and oxygen atoms in total. The van der Waals surface area contributed by atoms with Crippen LogP contribution in [0.5, 0.6) is 5.75 Å². The number of carbonyl (C=O) groups excluding carboxylic acids is 1. The van der Waals surface area contributed by atoms with Gasteiger partial charge in [-0.3, -0.25) is 4.79 Å². The van der Waals surface area contributed by atoms with E-state index in [-0.39, 0.29) is 17.4 Å². The van der Waals surface area contributed by atoms with Gasteiger partial charge in [-0.1, -0.05) is 47.5 Å². The molecule has 1 heterocycles. The second-order valence-corrected chi connectivity index (χ2v) is 8.64. The average Bonchev–Trinajstić information content (AvgIpc) is 3.24. The average molecular weight is 498 g/mol. The van der Waals surface area contributed by atoms with Crippen LogP contribution < -0.4 is 15.1 Å². The van der Waals surface area contributed by atoms with Crippen LogP contribution in [0.4, 0.5) is 0 Å². The molecular formula is C23H17Cl2N5O2S. The zero-order valence-corrected chi connectivity index (χ0v) is 19.4. The minimum Gasteiger partial charge on any atom is -0.872 e. The van der Waals surface area contributed by atoms with Crippen LogP contribution in [0.3, 0.4) is 0 Å². The molecule has 0 unspecified atom stereocenters. The number of aromatic nitrogens is 3. The molecule has 0 aliphatic heterocycles. The number of nitrogens with zero attached hydrogens (tertiary/aromatic N) is 3. The number of aromatic amines is 1. The summed E-state index contributed by atoms with van der Waals surface area (Å²) in [5.74, 6) is 0.445. The van der Waals surface area contributed by atoms with Gasteiger partial charge in [-0.25, -0.2) is 5.43 Å². The molecule has 0 saturated carbocycles. The summed E-state index contributed by atoms with van der Waals surface area (Å²) >= 11 is 13.3. The maximum absolute atomic E-state index is 12.3. The van der Waals surface area contributed by atoms with Gasteiger partial charge < -0.3 is 5.11 Å². The molecule has 0 aliphatic rings. The molecule has 1 amide bonds. The Kier molecular flexibility index (Phi) is 7.29. The molecule has 166 valence electrons. The highest BCUT2D eigenvalue weighted by atomic mass is 35.5. The first-order valence-corrected chi connectivity index (χ1v) is 11.5. The van der Waals surface area contributed by atoms with E-state index in [1.807, 2.05) is 28.8 Å². The van der Waals surface area contributed by atoms with Gasteiger partial charge in [0.2, 0.25) is 0 Å². The maximum Gasteiger partial charge on any atom is 0.342 e. The van der Waals surface area contributed by atoms with Crippen molar-refractivity contribution in [2.75, 3.05) is 5.75 Å². The zero-order chi connectivity index (χ0) is 23.2. The molecule has 0 fully saturated rings. The normalized spacial score (nSPS) is 11.1. The summed E-state index contributed by atoms with van der Waals surface area (Å²) in [5, 5.41) is 24.4. The van der Waals surface area contributed by atoms with Gasteiger partial charge in [0.05, 0.1) is 22.6 Å². The van der Waals surface area contributed by atoms with E-state index in [9.17, 15) is 9.90 Å². The van der Waals surface area contributed by atoms with E-state index in [0.717, 1.165) is 17.1 Å². The van der Waals surface area contributed by atoms with Gasteiger partial charge in [0, 0.05) is 10.0 Å². The smallest absolute Gasteiger partial charge is 0.342 e. The minimum absolute atomic E-state index is 0.0847. The quantitative estimate of drug-likeness (QED) is 0.174. The largest absolute Gasteiger partial charge is 0.872 e. The van der Waals surface area contributed by atoms with Crippen molar-refractivity contribution in [1.29, 1.82) is 0 Å². The van der Waals surface area contributed by atoms with E-state index < -0.39 is 0 Å². The van der Waals surface area contributed by atoms with Crippen LogP contribution in [0.1, 0.15) is 5.56 Å². The van der Waals surface area contributed by atoms with Crippen molar-refractivity contribution < 1.29 is 14.5 Å². The lowest BCUT2D eigenvalue weighted by Gasteiger charge is -2.05. The van der Waals surface area contributed by atoms with Crippen LogP contribution in [-0.2, 0) is 4.79 Å². The highest BCUT2D eigenvalue weighted by Crippen LogP contribution is 2.22. The van der Waals surface area contributed by atoms with E-state index in [1.54, 1.807) is 36.4 Å². The Morgan fingerprint density at radius 3 is 2.33 bits per heavy atom. The van der Waals surface area contributed by atoms with Gasteiger partial charge in [0.25, 0.3) is 11.7 Å². The van der Waals surface area contributed by atoms with E-state index in [2.05, 4.69) is 20.7 Å². The van der Waals surface area contributed by atoms with Gasteiger partial charge >= 0.3 is 5.16 Å². The summed E-state index contributed by atoms with van der Waals surface area (Å²) in [6, 6.07) is 20.8. The van der Waals surface area contributed by atoms with Crippen molar-refractivity contribution in [3.8, 4) is 22.8 Å². The highest BCUT2D eigenvalue weighted by Gasteiger charge is 2.24. The maximum atomic E-state index is 12.3. The molecule has 33 heavy (non-hydrogen) atoms. The molecule has 0 aliphatic carbocycles. The lowest BCUT2D eigenvalue weighted by molar-refractivity contribution is -0.625. The molecule has 1 aromatic heterocycles. The van der Waals surface area contributed by atoms with Crippen molar-refractivity contribution in [3.63, 3.8) is 0 Å². The Balaban J connectivity index is 1.51. The van der Waals surface area contributed by atoms with Crippen LogP contribution >= 0.6 is 35.0 Å². The van der Waals surface area contributed by atoms with Crippen LogP contribution in [-0.4, -0.2) is 28.1 Å². The number of hydrazone groups is 1. The summed E-state index contributed by atoms with van der Waals surface area (Å²) in [5.41, 5.74) is 4.91. The molecule has 4 rings (SSSR count). The third kappa shape index (κ3) is 5.92. The number of nitrogens with one attached hydrogen (secondary N) is 2. The van der Waals surface area contributed by atoms with Crippen LogP contribution in [0.2, 0.25) is 10.0 Å². The van der Waals surface area contributed by atoms with Gasteiger partial charge in [-0.2, -0.15) is 9.67 Å². The molecule has 0 atom stereocenters. The monoisotopic (exact) mass is 497 g/mol. The van der Waals surface area contributed by atoms with Crippen LogP contribution in [0.15, 0.2) is 83.1 Å². The lowest BCUT2D eigenvalue weighted by atomic mass is 10.2. The molecule has 0 radical (unpaired) electrons. The number of rotatable bonds is 7. The van der Waals surface area contributed by atoms with E-state index in [0.29, 0.717) is 20.8 Å². The van der Waals surface area contributed by atoms with Crippen molar-refractivity contribution in [2.45, 2.75) is 5.16 Å². The number of thioether (sulfide) groups is 1. The Bertz CT molecular complexity index is 1270. The summed E-state index contributed by atoms with van der Waals surface area (Å²) in [6.07, 6.45) is 1.48. The van der Waals surface area contributed by atoms with Crippen molar-refractivity contribution in [2.24, 2.45) is 5.10 Å². The third-order valence-corrected chi connectivity index (χ3v) is 5.93. The third-order valence-electron chi connectivity index (χ3n) is 4.49. The highest BCUT2D eigenvalue weighted by molar-refractivity contribution is 7.99. The van der Waals surface area contributed by atoms with Crippen LogP contribution in [0.25, 0.3) is 17.1 Å². The second-order valence-electron chi connectivity index (χ2n) is 6.82. The van der Waals surface area contributed by atoms with Gasteiger partial charge in [-0.05, 0) is 65.9 Å². The summed E-state index contributed by atoms with van der Waals surface area (Å²) in [7, 11) is 0. The molecular weight excluding hydrogens is 481 g/mol. The number of benzene rings is 3. The molecule has 0 saturated heterocycles. The lowest BCUT2D eigenvalue weighted by Crippen LogP contribution is -2.34. The van der Waals surface area contributed by atoms with E-state index in [4.69, 9.17) is 23.2 Å². The number of halogens is 2. The van der Waals surface area contributed by atoms with Gasteiger partial charge in [0.1, 0.15) is 5.69 Å². The number of hydrogen-bond acceptors (Lipinski definition) is 5. The molecule has 10 heteroatoms. The Labute approximate surface area is 204 Å². The first kappa shape index (κ1) is 22.8. The summed E-state index contributed by atoms with van der Waals surface area (Å²) < 4.78 is 1.91. The fraction of sp³-hybridized carbons (Fsp3) is 0.0435. The van der Waals surface area contributed by atoms with Crippen molar-refractivity contribution in [3.05, 3.63) is 88.4 Å². The zero-order valence-electron chi connectivity index (χ0n) is 17.0. The molecule has 2 N–H and O–H groups in total. The second kappa shape index (κ2) is 10.5. The first-order chi connectivity index (χ1) is 16.0. The fourth-order valence-corrected chi connectivity index (χ4v) is 3.93. The molecule has 4 aromatic rings. The SMILES string of the molecule is O=C(CSc1n[nH]c(-c2ccc(Cl)cc2)[n+]1-c1ccc(Cl)cc1)N/N=C/c1ccc([O-])cc1. The van der Waals surface area contributed by atoms with Gasteiger partial charge in [-0.15, -0.1) is 10.8 Å². The fourth-order valence-electron chi connectivity index (χ4n) is 2.92. The van der Waals surface area contributed by atoms with E-state index >= 15 is 0 Å². The Morgan fingerprint density at radius 1 is 1.03 bits per heavy atom. The predicted octanol–water partition coefficient (Wildman–Crippen LogP) is 3.98. The summed E-state index contributed by atoms with van der Waals surface area (Å²) in [6.45, 7) is 0. The number of amides is 1. The standard InChI is InChI=1S/C23H17Cl2N5O2S/c24-17-5-3-16(4-6-17)22-28-29-23(30(22)19-9-7-18(25)8-10-19)33-14-21(32)27-26-13-15-1-11-20(31)12-2-15/h1-13H,14H2,(H2,26,27,31,32). The summed E-state index contributed by atoms with van der Waals surface area (Å²) in [4.78, 5) is 12.3. The number of H-pyrrole nitrogens is 1. The molecule has 0 bridgehead atoms. The molecule has 3 aromatic carbocycles. The Morgan fingerprint density at radius 2 is 1.67 bits per heavy atom. The number of hydrogen-bond donors (Lipinski definition) is 2. The minimum atomic E-state index is -0.296. The van der Waals surface area contributed by atoms with Crippen molar-refractivity contribution >= 4 is 47.1 Å². The topological polar surface area (TPSA) is 97.1 Å². The van der Waals surface area contributed by atoms with Gasteiger partial charge in [0.15, 0.2) is 0 Å². The van der Waals surface area contributed by atoms with E-state index in [1.165, 1.54) is 30.1 Å².